The quantitative estimate of drug-likeness (QED) is 0.781. The Balaban J connectivity index is 1.66. The fraction of sp³-hybridized carbons (Fsp3) is 0.312. The molecule has 2 heterocycles. The summed E-state index contributed by atoms with van der Waals surface area (Å²) in [4.78, 5) is 41.5. The number of carbonyl (C=O) groups excluding carboxylic acids is 3. The van der Waals surface area contributed by atoms with Gasteiger partial charge in [0.15, 0.2) is 0 Å². The van der Waals surface area contributed by atoms with Crippen LogP contribution in [0.1, 0.15) is 23.7 Å². The summed E-state index contributed by atoms with van der Waals surface area (Å²) in [5.41, 5.74) is 1.05. The van der Waals surface area contributed by atoms with E-state index < -0.39 is 11.9 Å². The van der Waals surface area contributed by atoms with Gasteiger partial charge >= 0.3 is 5.97 Å². The van der Waals surface area contributed by atoms with Crippen LogP contribution in [0.2, 0.25) is 0 Å². The highest BCUT2D eigenvalue weighted by Gasteiger charge is 2.35. The number of hydrogen-bond donors (Lipinski definition) is 2. The molecule has 1 aromatic heterocycles. The normalized spacial score (nSPS) is 16.8. The maximum Gasteiger partial charge on any atom is 0.338 e. The van der Waals surface area contributed by atoms with Gasteiger partial charge in [-0.25, -0.2) is 9.89 Å². The molecule has 1 atom stereocenters. The Kier molecular flexibility index (Phi) is 4.73. The first-order valence-electron chi connectivity index (χ1n) is 7.82. The summed E-state index contributed by atoms with van der Waals surface area (Å²) in [6.07, 6.45) is 1.40. The number of anilines is 2. The van der Waals surface area contributed by atoms with Gasteiger partial charge in [-0.1, -0.05) is 0 Å². The average Bonchev–Trinajstić information content (AvgIpc) is 3.25. The third-order valence-electron chi connectivity index (χ3n) is 3.84. The van der Waals surface area contributed by atoms with Gasteiger partial charge in [0.2, 0.25) is 17.8 Å². The van der Waals surface area contributed by atoms with E-state index >= 15 is 0 Å². The van der Waals surface area contributed by atoms with E-state index in [1.54, 1.807) is 31.2 Å². The predicted octanol–water partition coefficient (Wildman–Crippen LogP) is 0.973. The third kappa shape index (κ3) is 3.65. The number of amides is 2. The first-order valence-corrected chi connectivity index (χ1v) is 7.82. The number of ether oxygens (including phenoxy) is 1. The van der Waals surface area contributed by atoms with Crippen LogP contribution in [0.3, 0.4) is 0 Å². The molecule has 9 nitrogen and oxygen atoms in total. The Morgan fingerprint density at radius 2 is 2.12 bits per heavy atom. The van der Waals surface area contributed by atoms with E-state index in [-0.39, 0.29) is 30.7 Å². The fourth-order valence-corrected chi connectivity index (χ4v) is 2.61. The zero-order valence-electron chi connectivity index (χ0n) is 13.6. The van der Waals surface area contributed by atoms with Crippen molar-refractivity contribution < 1.29 is 19.1 Å². The Hall–Kier alpha value is -3.23. The van der Waals surface area contributed by atoms with Crippen LogP contribution in [0.4, 0.5) is 11.6 Å². The highest BCUT2D eigenvalue weighted by molar-refractivity contribution is 6.03. The molecular formula is C16H17N5O4. The second-order valence-corrected chi connectivity index (χ2v) is 5.50. The van der Waals surface area contributed by atoms with Crippen LogP contribution in [-0.2, 0) is 14.3 Å². The van der Waals surface area contributed by atoms with Crippen molar-refractivity contribution in [2.75, 3.05) is 23.4 Å². The lowest BCUT2D eigenvalue weighted by atomic mass is 10.1. The molecule has 0 spiro atoms. The zero-order valence-corrected chi connectivity index (χ0v) is 13.6. The smallest absolute Gasteiger partial charge is 0.338 e. The van der Waals surface area contributed by atoms with Crippen molar-refractivity contribution in [3.8, 4) is 0 Å². The largest absolute Gasteiger partial charge is 0.462 e. The van der Waals surface area contributed by atoms with E-state index in [0.717, 1.165) is 0 Å². The summed E-state index contributed by atoms with van der Waals surface area (Å²) in [6, 6.07) is 6.53. The van der Waals surface area contributed by atoms with Gasteiger partial charge in [-0.2, -0.15) is 10.1 Å². The highest BCUT2D eigenvalue weighted by Crippen LogP contribution is 2.26. The molecule has 0 radical (unpaired) electrons. The van der Waals surface area contributed by atoms with Gasteiger partial charge in [-0.05, 0) is 31.2 Å². The first kappa shape index (κ1) is 16.6. The molecule has 0 aliphatic carbocycles. The standard InChI is InChI=1S/C16H17N5O4/c1-2-25-15(24)10-3-5-12(6-4-10)21-8-11(7-13(21)22)14(23)19-16-17-9-18-20-16/h3-6,9,11H,2,7-8H2,1H3,(H2,17,18,19,20,23). The molecule has 1 unspecified atom stereocenters. The molecule has 2 amide bonds. The molecule has 130 valence electrons. The van der Waals surface area contributed by atoms with Crippen molar-refractivity contribution in [1.29, 1.82) is 0 Å². The summed E-state index contributed by atoms with van der Waals surface area (Å²) in [7, 11) is 0. The number of nitrogens with one attached hydrogen (secondary N) is 2. The number of aromatic amines is 1. The maximum atomic E-state index is 12.2. The zero-order chi connectivity index (χ0) is 17.8. The van der Waals surface area contributed by atoms with Crippen LogP contribution in [0, 0.1) is 5.92 Å². The first-order chi connectivity index (χ1) is 12.1. The average molecular weight is 343 g/mol. The Bertz CT molecular complexity index is 772. The molecule has 1 fully saturated rings. The molecule has 1 saturated heterocycles. The van der Waals surface area contributed by atoms with Crippen LogP contribution in [0.25, 0.3) is 0 Å². The van der Waals surface area contributed by atoms with E-state index in [9.17, 15) is 14.4 Å². The van der Waals surface area contributed by atoms with Gasteiger partial charge in [0.25, 0.3) is 0 Å². The minimum atomic E-state index is -0.484. The highest BCUT2D eigenvalue weighted by atomic mass is 16.5. The van der Waals surface area contributed by atoms with E-state index in [0.29, 0.717) is 17.9 Å². The topological polar surface area (TPSA) is 117 Å². The number of benzene rings is 1. The molecule has 9 heteroatoms. The Labute approximate surface area is 143 Å². The van der Waals surface area contributed by atoms with Gasteiger partial charge in [0.1, 0.15) is 6.33 Å². The van der Waals surface area contributed by atoms with E-state index in [1.807, 2.05) is 0 Å². The number of esters is 1. The Morgan fingerprint density at radius 3 is 2.76 bits per heavy atom. The molecule has 0 saturated carbocycles. The van der Waals surface area contributed by atoms with Crippen LogP contribution < -0.4 is 10.2 Å². The van der Waals surface area contributed by atoms with Crippen molar-refractivity contribution in [2.45, 2.75) is 13.3 Å². The Morgan fingerprint density at radius 1 is 1.36 bits per heavy atom. The van der Waals surface area contributed by atoms with Crippen molar-refractivity contribution in [3.63, 3.8) is 0 Å². The molecular weight excluding hydrogens is 326 g/mol. The van der Waals surface area contributed by atoms with Crippen LogP contribution in [0.5, 0.6) is 0 Å². The van der Waals surface area contributed by atoms with E-state index in [4.69, 9.17) is 4.74 Å². The lowest BCUT2D eigenvalue weighted by molar-refractivity contribution is -0.122. The maximum absolute atomic E-state index is 12.2. The van der Waals surface area contributed by atoms with Crippen molar-refractivity contribution >= 4 is 29.4 Å². The lowest BCUT2D eigenvalue weighted by Crippen LogP contribution is -2.28. The number of nitrogens with zero attached hydrogens (tertiary/aromatic N) is 3. The van der Waals surface area contributed by atoms with Gasteiger partial charge in [0.05, 0.1) is 18.1 Å². The van der Waals surface area contributed by atoms with E-state index in [1.165, 1.54) is 11.2 Å². The summed E-state index contributed by atoms with van der Waals surface area (Å²) in [6.45, 7) is 2.30. The fourth-order valence-electron chi connectivity index (χ4n) is 2.61. The minimum absolute atomic E-state index is 0.111. The molecule has 1 aromatic carbocycles. The molecule has 2 N–H and O–H groups in total. The number of hydrogen-bond acceptors (Lipinski definition) is 6. The van der Waals surface area contributed by atoms with E-state index in [2.05, 4.69) is 20.5 Å². The van der Waals surface area contributed by atoms with Gasteiger partial charge in [-0.3, -0.25) is 14.9 Å². The molecule has 25 heavy (non-hydrogen) atoms. The molecule has 1 aliphatic heterocycles. The SMILES string of the molecule is CCOC(=O)c1ccc(N2CC(C(=O)Nc3ncn[nH]3)CC2=O)cc1. The van der Waals surface area contributed by atoms with Gasteiger partial charge in [-0.15, -0.1) is 0 Å². The number of H-pyrrole nitrogens is 1. The van der Waals surface area contributed by atoms with Gasteiger partial charge < -0.3 is 9.64 Å². The van der Waals surface area contributed by atoms with Crippen molar-refractivity contribution in [1.82, 2.24) is 15.2 Å². The van der Waals surface area contributed by atoms with Crippen LogP contribution in [0.15, 0.2) is 30.6 Å². The van der Waals surface area contributed by atoms with Gasteiger partial charge in [0, 0.05) is 18.7 Å². The lowest BCUT2D eigenvalue weighted by Gasteiger charge is -2.17. The minimum Gasteiger partial charge on any atom is -0.462 e. The molecule has 1 aliphatic rings. The number of aromatic nitrogens is 3. The molecule has 0 bridgehead atoms. The number of rotatable bonds is 5. The molecule has 2 aromatic rings. The van der Waals surface area contributed by atoms with Crippen LogP contribution in [-0.4, -0.2) is 46.1 Å². The monoisotopic (exact) mass is 343 g/mol. The second-order valence-electron chi connectivity index (χ2n) is 5.50. The summed E-state index contributed by atoms with van der Waals surface area (Å²) in [5.74, 6) is -1.10. The summed E-state index contributed by atoms with van der Waals surface area (Å²) >= 11 is 0. The molecule has 3 rings (SSSR count). The van der Waals surface area contributed by atoms with Crippen molar-refractivity contribution in [3.05, 3.63) is 36.2 Å². The van der Waals surface area contributed by atoms with Crippen LogP contribution >= 0.6 is 0 Å². The summed E-state index contributed by atoms with van der Waals surface area (Å²) < 4.78 is 4.93. The predicted molar refractivity (Wildman–Crippen MR) is 87.9 cm³/mol. The third-order valence-corrected chi connectivity index (χ3v) is 3.84. The summed E-state index contributed by atoms with van der Waals surface area (Å²) in [5, 5.41) is 8.77. The second kappa shape index (κ2) is 7.12. The van der Waals surface area contributed by atoms with Crippen molar-refractivity contribution in [2.24, 2.45) is 5.92 Å². The number of carbonyl (C=O) groups is 3.